The molecule has 1 atom stereocenters. The van der Waals surface area contributed by atoms with Crippen molar-refractivity contribution in [2.45, 2.75) is 12.5 Å². The smallest absolute Gasteiger partial charge is 0.0531 e. The van der Waals surface area contributed by atoms with Crippen LogP contribution in [0.2, 0.25) is 0 Å². The third-order valence-electron chi connectivity index (χ3n) is 2.93. The summed E-state index contributed by atoms with van der Waals surface area (Å²) in [7, 11) is 1.98. The van der Waals surface area contributed by atoms with Crippen LogP contribution in [0, 0.1) is 0 Å². The summed E-state index contributed by atoms with van der Waals surface area (Å²) in [5.41, 5.74) is 2.43. The van der Waals surface area contributed by atoms with E-state index in [1.165, 1.54) is 11.1 Å². The third-order valence-corrected chi connectivity index (χ3v) is 2.93. The van der Waals surface area contributed by atoms with E-state index < -0.39 is 0 Å². The van der Waals surface area contributed by atoms with E-state index in [0.717, 1.165) is 0 Å². The maximum Gasteiger partial charge on any atom is 0.0531 e. The Morgan fingerprint density at radius 2 is 1.81 bits per heavy atom. The Labute approximate surface area is 97.2 Å². The number of allylic oxidation sites excluding steroid dienone is 4. The minimum Gasteiger partial charge on any atom is -0.308 e. The zero-order valence-electron chi connectivity index (χ0n) is 9.77. The van der Waals surface area contributed by atoms with E-state index >= 15 is 0 Å². The van der Waals surface area contributed by atoms with Crippen LogP contribution in [0.4, 0.5) is 0 Å². The second-order valence-electron chi connectivity index (χ2n) is 4.22. The SMILES string of the molecule is CNC1(C)C=CC=CC(c2ccccc2)=C1. The molecular formula is C15H17N. The van der Waals surface area contributed by atoms with Gasteiger partial charge in [0.1, 0.15) is 0 Å². The molecule has 1 N–H and O–H groups in total. The molecule has 1 unspecified atom stereocenters. The summed E-state index contributed by atoms with van der Waals surface area (Å²) in [6.45, 7) is 2.17. The van der Waals surface area contributed by atoms with Gasteiger partial charge in [0, 0.05) is 0 Å². The Bertz CT molecular complexity index is 440. The fourth-order valence-electron chi connectivity index (χ4n) is 1.80. The highest BCUT2D eigenvalue weighted by Crippen LogP contribution is 2.23. The van der Waals surface area contributed by atoms with Crippen molar-refractivity contribution in [3.05, 3.63) is 66.3 Å². The standard InChI is InChI=1S/C15H17N/c1-15(16-2)11-7-6-10-14(12-15)13-8-4-3-5-9-13/h3-12,16H,1-2H3. The molecule has 1 nitrogen and oxygen atoms in total. The molecule has 1 aromatic rings. The van der Waals surface area contributed by atoms with Gasteiger partial charge in [-0.3, -0.25) is 0 Å². The third kappa shape index (κ3) is 2.31. The van der Waals surface area contributed by atoms with Crippen LogP contribution in [-0.4, -0.2) is 12.6 Å². The second kappa shape index (κ2) is 4.50. The molecule has 0 aromatic heterocycles. The van der Waals surface area contributed by atoms with Gasteiger partial charge in [-0.05, 0) is 25.1 Å². The fraction of sp³-hybridized carbons (Fsp3) is 0.200. The number of rotatable bonds is 2. The van der Waals surface area contributed by atoms with Crippen LogP contribution < -0.4 is 5.32 Å². The number of hydrogen-bond donors (Lipinski definition) is 1. The molecule has 0 aliphatic heterocycles. The summed E-state index contributed by atoms with van der Waals surface area (Å²) in [5.74, 6) is 0. The summed E-state index contributed by atoms with van der Waals surface area (Å²) in [6.07, 6.45) is 10.7. The van der Waals surface area contributed by atoms with Gasteiger partial charge in [-0.1, -0.05) is 60.7 Å². The van der Waals surface area contributed by atoms with Crippen LogP contribution >= 0.6 is 0 Å². The highest BCUT2D eigenvalue weighted by Gasteiger charge is 2.16. The number of benzene rings is 1. The molecule has 0 bridgehead atoms. The molecule has 0 saturated heterocycles. The number of hydrogen-bond acceptors (Lipinski definition) is 1. The van der Waals surface area contributed by atoms with Gasteiger partial charge in [0.25, 0.3) is 0 Å². The Balaban J connectivity index is 2.42. The zero-order valence-corrected chi connectivity index (χ0v) is 9.77. The summed E-state index contributed by atoms with van der Waals surface area (Å²) in [6, 6.07) is 10.5. The lowest BCUT2D eigenvalue weighted by Crippen LogP contribution is -2.35. The normalized spacial score (nSPS) is 24.0. The lowest BCUT2D eigenvalue weighted by atomic mass is 9.96. The van der Waals surface area contributed by atoms with Gasteiger partial charge in [0.15, 0.2) is 0 Å². The van der Waals surface area contributed by atoms with Crippen molar-refractivity contribution in [3.8, 4) is 0 Å². The molecule has 2 rings (SSSR count). The molecule has 0 saturated carbocycles. The maximum atomic E-state index is 3.32. The second-order valence-corrected chi connectivity index (χ2v) is 4.22. The van der Waals surface area contributed by atoms with Gasteiger partial charge in [0.2, 0.25) is 0 Å². The summed E-state index contributed by atoms with van der Waals surface area (Å²) in [5, 5.41) is 3.32. The van der Waals surface area contributed by atoms with Crippen LogP contribution in [0.25, 0.3) is 5.57 Å². The van der Waals surface area contributed by atoms with Crippen molar-refractivity contribution in [2.75, 3.05) is 7.05 Å². The number of nitrogens with one attached hydrogen (secondary N) is 1. The van der Waals surface area contributed by atoms with Crippen LogP contribution in [0.1, 0.15) is 12.5 Å². The van der Waals surface area contributed by atoms with E-state index in [4.69, 9.17) is 0 Å². The highest BCUT2D eigenvalue weighted by atomic mass is 14.9. The monoisotopic (exact) mass is 211 g/mol. The van der Waals surface area contributed by atoms with Crippen molar-refractivity contribution < 1.29 is 0 Å². The minimum atomic E-state index is -0.0747. The van der Waals surface area contributed by atoms with Gasteiger partial charge in [-0.15, -0.1) is 0 Å². The topological polar surface area (TPSA) is 12.0 Å². The molecule has 1 aromatic carbocycles. The molecular weight excluding hydrogens is 194 g/mol. The van der Waals surface area contributed by atoms with E-state index in [1.807, 2.05) is 13.1 Å². The Morgan fingerprint density at radius 3 is 2.50 bits per heavy atom. The Morgan fingerprint density at radius 1 is 1.06 bits per heavy atom. The molecule has 0 fully saturated rings. The largest absolute Gasteiger partial charge is 0.308 e. The molecule has 82 valence electrons. The van der Waals surface area contributed by atoms with E-state index in [2.05, 4.69) is 66.9 Å². The Hall–Kier alpha value is -1.60. The van der Waals surface area contributed by atoms with Gasteiger partial charge < -0.3 is 5.32 Å². The van der Waals surface area contributed by atoms with Crippen molar-refractivity contribution in [2.24, 2.45) is 0 Å². The Kier molecular flexibility index (Phi) is 3.07. The molecule has 16 heavy (non-hydrogen) atoms. The van der Waals surface area contributed by atoms with Gasteiger partial charge in [-0.25, -0.2) is 0 Å². The molecule has 0 heterocycles. The predicted octanol–water partition coefficient (Wildman–Crippen LogP) is 3.17. The first kappa shape index (κ1) is 10.9. The molecule has 0 spiro atoms. The first-order valence-corrected chi connectivity index (χ1v) is 5.57. The first-order chi connectivity index (χ1) is 7.73. The van der Waals surface area contributed by atoms with E-state index in [-0.39, 0.29) is 5.54 Å². The molecule has 0 amide bonds. The van der Waals surface area contributed by atoms with Gasteiger partial charge in [-0.2, -0.15) is 0 Å². The molecule has 1 aliphatic carbocycles. The average molecular weight is 211 g/mol. The van der Waals surface area contributed by atoms with Crippen LogP contribution in [0.5, 0.6) is 0 Å². The first-order valence-electron chi connectivity index (χ1n) is 5.57. The predicted molar refractivity (Wildman–Crippen MR) is 70.2 cm³/mol. The number of likely N-dealkylation sites (N-methyl/N-ethyl adjacent to an activating group) is 1. The van der Waals surface area contributed by atoms with Gasteiger partial charge in [0.05, 0.1) is 5.54 Å². The molecule has 1 heteroatoms. The summed E-state index contributed by atoms with van der Waals surface area (Å²) < 4.78 is 0. The van der Waals surface area contributed by atoms with Gasteiger partial charge >= 0.3 is 0 Å². The summed E-state index contributed by atoms with van der Waals surface area (Å²) >= 11 is 0. The lowest BCUT2D eigenvalue weighted by molar-refractivity contribution is 0.590. The van der Waals surface area contributed by atoms with Crippen molar-refractivity contribution >= 4 is 5.57 Å². The van der Waals surface area contributed by atoms with E-state index in [1.54, 1.807) is 0 Å². The molecule has 0 radical (unpaired) electrons. The van der Waals surface area contributed by atoms with Crippen molar-refractivity contribution in [1.82, 2.24) is 5.32 Å². The van der Waals surface area contributed by atoms with Crippen LogP contribution in [0.3, 0.4) is 0 Å². The fourth-order valence-corrected chi connectivity index (χ4v) is 1.80. The van der Waals surface area contributed by atoms with Crippen molar-refractivity contribution in [1.29, 1.82) is 0 Å². The maximum absolute atomic E-state index is 3.32. The highest BCUT2D eigenvalue weighted by molar-refractivity contribution is 5.76. The van der Waals surface area contributed by atoms with E-state index in [9.17, 15) is 0 Å². The van der Waals surface area contributed by atoms with Crippen LogP contribution in [-0.2, 0) is 0 Å². The average Bonchev–Trinajstić information content (AvgIpc) is 2.53. The molecule has 1 aliphatic rings. The van der Waals surface area contributed by atoms with E-state index in [0.29, 0.717) is 0 Å². The summed E-state index contributed by atoms with van der Waals surface area (Å²) in [4.78, 5) is 0. The van der Waals surface area contributed by atoms with Crippen molar-refractivity contribution in [3.63, 3.8) is 0 Å². The quantitative estimate of drug-likeness (QED) is 0.792. The van der Waals surface area contributed by atoms with Crippen LogP contribution in [0.15, 0.2) is 60.7 Å². The zero-order chi connectivity index (χ0) is 11.4. The minimum absolute atomic E-state index is 0.0747. The lowest BCUT2D eigenvalue weighted by Gasteiger charge is -2.21.